The second kappa shape index (κ2) is 7.15. The number of rotatable bonds is 6. The fourth-order valence-electron chi connectivity index (χ4n) is 3.46. The first-order valence-corrected chi connectivity index (χ1v) is 9.89. The average molecular weight is 367 g/mol. The van der Waals surface area contributed by atoms with Crippen LogP contribution in [0, 0.1) is 13.8 Å². The first-order valence-electron chi connectivity index (χ1n) is 8.41. The maximum atomic E-state index is 13.4. The lowest BCUT2D eigenvalue weighted by atomic mass is 10.1. The van der Waals surface area contributed by atoms with Crippen LogP contribution in [0.4, 0.5) is 0 Å². The molecule has 1 aliphatic carbocycles. The minimum atomic E-state index is -3.87. The van der Waals surface area contributed by atoms with Crippen LogP contribution in [0.2, 0.25) is 0 Å². The number of carbonyl (C=O) groups excluding carboxylic acids is 1. The van der Waals surface area contributed by atoms with Gasteiger partial charge in [-0.25, -0.2) is 8.42 Å². The summed E-state index contributed by atoms with van der Waals surface area (Å²) in [5, 5.41) is 8.82. The van der Waals surface area contributed by atoms with Gasteiger partial charge in [0.1, 0.15) is 0 Å². The molecule has 0 aliphatic heterocycles. The molecule has 1 aromatic carbocycles. The number of carbonyl (C=O) groups is 2. The van der Waals surface area contributed by atoms with Crippen molar-refractivity contribution >= 4 is 21.7 Å². The number of aryl methyl sites for hydroxylation is 2. The van der Waals surface area contributed by atoms with Crippen molar-refractivity contribution in [2.45, 2.75) is 55.6 Å². The zero-order chi connectivity index (χ0) is 18.8. The molecule has 1 aliphatic rings. The van der Waals surface area contributed by atoms with Crippen molar-refractivity contribution in [3.63, 3.8) is 0 Å². The molecule has 25 heavy (non-hydrogen) atoms. The van der Waals surface area contributed by atoms with Gasteiger partial charge in [0.25, 0.3) is 0 Å². The van der Waals surface area contributed by atoms with Gasteiger partial charge in [0.05, 0.1) is 11.3 Å². The third-order valence-corrected chi connectivity index (χ3v) is 7.59. The first kappa shape index (κ1) is 19.4. The van der Waals surface area contributed by atoms with E-state index in [9.17, 15) is 18.0 Å². The number of hydrogen-bond acceptors (Lipinski definition) is 4. The van der Waals surface area contributed by atoms with Gasteiger partial charge in [-0.1, -0.05) is 25.0 Å². The van der Waals surface area contributed by atoms with Crippen LogP contribution in [0.1, 0.15) is 43.2 Å². The molecule has 0 unspecified atom stereocenters. The van der Waals surface area contributed by atoms with E-state index in [1.807, 2.05) is 13.0 Å². The lowest BCUT2D eigenvalue weighted by molar-refractivity contribution is -0.138. The number of nitrogens with zero attached hydrogens (tertiary/aromatic N) is 1. The third-order valence-electron chi connectivity index (χ3n) is 4.96. The lowest BCUT2D eigenvalue weighted by Crippen LogP contribution is -2.51. The average Bonchev–Trinajstić information content (AvgIpc) is 3.05. The first-order chi connectivity index (χ1) is 11.6. The summed E-state index contributed by atoms with van der Waals surface area (Å²) < 4.78 is 25.4. The predicted octanol–water partition coefficient (Wildman–Crippen LogP) is 2.32. The van der Waals surface area contributed by atoms with E-state index in [0.29, 0.717) is 18.4 Å². The van der Waals surface area contributed by atoms with Crippen molar-refractivity contribution in [3.8, 4) is 0 Å². The van der Waals surface area contributed by atoms with E-state index in [-0.39, 0.29) is 30.7 Å². The molecule has 138 valence electrons. The highest BCUT2D eigenvalue weighted by Gasteiger charge is 2.54. The van der Waals surface area contributed by atoms with Gasteiger partial charge in [-0.15, -0.1) is 0 Å². The Hall–Kier alpha value is -1.89. The number of carboxylic acid groups (broad SMARTS) is 1. The number of carboxylic acids is 1. The molecule has 0 saturated heterocycles. The maximum Gasteiger partial charge on any atom is 0.305 e. The van der Waals surface area contributed by atoms with Crippen LogP contribution < -0.4 is 0 Å². The van der Waals surface area contributed by atoms with E-state index < -0.39 is 26.5 Å². The number of hydrogen-bond donors (Lipinski definition) is 1. The van der Waals surface area contributed by atoms with Crippen LogP contribution in [0.3, 0.4) is 0 Å². The zero-order valence-corrected chi connectivity index (χ0v) is 15.7. The number of sulfone groups is 1. The number of amides is 1. The van der Waals surface area contributed by atoms with Crippen LogP contribution in [0.15, 0.2) is 23.1 Å². The monoisotopic (exact) mass is 367 g/mol. The Kier molecular flexibility index (Phi) is 5.56. The Morgan fingerprint density at radius 2 is 1.80 bits per heavy atom. The SMILES string of the molecule is Cc1ccc(C)c(S(=O)(=O)C2(C(=O)N(C)CCC(=O)O)CCCC2)c1. The van der Waals surface area contributed by atoms with E-state index >= 15 is 0 Å². The van der Waals surface area contributed by atoms with E-state index in [1.54, 1.807) is 19.1 Å². The zero-order valence-electron chi connectivity index (χ0n) is 14.9. The largest absolute Gasteiger partial charge is 0.481 e. The van der Waals surface area contributed by atoms with Gasteiger partial charge in [-0.05, 0) is 43.9 Å². The molecule has 1 amide bonds. The van der Waals surface area contributed by atoms with E-state index in [2.05, 4.69) is 0 Å². The molecule has 1 saturated carbocycles. The van der Waals surface area contributed by atoms with Crippen LogP contribution in [0.5, 0.6) is 0 Å². The Morgan fingerprint density at radius 1 is 1.20 bits per heavy atom. The molecule has 1 aromatic rings. The summed E-state index contributed by atoms with van der Waals surface area (Å²) in [6.45, 7) is 3.55. The van der Waals surface area contributed by atoms with Crippen LogP contribution >= 0.6 is 0 Å². The lowest BCUT2D eigenvalue weighted by Gasteiger charge is -2.32. The van der Waals surface area contributed by atoms with Gasteiger partial charge < -0.3 is 10.0 Å². The molecule has 0 spiro atoms. The maximum absolute atomic E-state index is 13.4. The molecule has 6 nitrogen and oxygen atoms in total. The van der Waals surface area contributed by atoms with Crippen molar-refractivity contribution in [1.82, 2.24) is 4.90 Å². The van der Waals surface area contributed by atoms with Crippen LogP contribution in [-0.4, -0.2) is 48.6 Å². The fourth-order valence-corrected chi connectivity index (χ4v) is 5.93. The number of benzene rings is 1. The molecule has 0 radical (unpaired) electrons. The summed E-state index contributed by atoms with van der Waals surface area (Å²) >= 11 is 0. The smallest absolute Gasteiger partial charge is 0.305 e. The van der Waals surface area contributed by atoms with Gasteiger partial charge in [0.15, 0.2) is 14.6 Å². The minimum absolute atomic E-state index is 0.00175. The molecule has 0 heterocycles. The second-order valence-corrected chi connectivity index (χ2v) is 9.07. The second-order valence-electron chi connectivity index (χ2n) is 6.84. The van der Waals surface area contributed by atoms with Crippen molar-refractivity contribution in [2.75, 3.05) is 13.6 Å². The highest BCUT2D eigenvalue weighted by atomic mass is 32.2. The summed E-state index contributed by atoms with van der Waals surface area (Å²) in [6.07, 6.45) is 1.69. The quantitative estimate of drug-likeness (QED) is 0.833. The third kappa shape index (κ3) is 3.56. The predicted molar refractivity (Wildman–Crippen MR) is 94.2 cm³/mol. The minimum Gasteiger partial charge on any atom is -0.481 e. The molecule has 0 atom stereocenters. The van der Waals surface area contributed by atoms with Gasteiger partial charge in [0.2, 0.25) is 5.91 Å². The number of aliphatic carboxylic acids is 1. The standard InChI is InChI=1S/C18H25NO5S/c1-13-6-7-14(2)15(12-13)25(23,24)18(9-4-5-10-18)17(22)19(3)11-8-16(20)21/h6-7,12H,4-5,8-11H2,1-3H3,(H,20,21). The molecule has 1 fully saturated rings. The topological polar surface area (TPSA) is 91.8 Å². The summed E-state index contributed by atoms with van der Waals surface area (Å²) in [4.78, 5) is 25.3. The Bertz CT molecular complexity index is 779. The Balaban J connectivity index is 2.47. The van der Waals surface area contributed by atoms with E-state index in [4.69, 9.17) is 5.11 Å². The molecule has 7 heteroatoms. The van der Waals surface area contributed by atoms with Crippen LogP contribution in [-0.2, 0) is 19.4 Å². The highest BCUT2D eigenvalue weighted by molar-refractivity contribution is 7.93. The Morgan fingerprint density at radius 3 is 2.36 bits per heavy atom. The van der Waals surface area contributed by atoms with E-state index in [0.717, 1.165) is 5.56 Å². The molecule has 1 N–H and O–H groups in total. The summed E-state index contributed by atoms with van der Waals surface area (Å²) in [7, 11) is -2.40. The van der Waals surface area contributed by atoms with Gasteiger partial charge in [0, 0.05) is 13.6 Å². The van der Waals surface area contributed by atoms with Crippen molar-refractivity contribution in [1.29, 1.82) is 0 Å². The normalized spacial score (nSPS) is 16.6. The molecule has 2 rings (SSSR count). The fraction of sp³-hybridized carbons (Fsp3) is 0.556. The van der Waals surface area contributed by atoms with Gasteiger partial charge in [-0.2, -0.15) is 0 Å². The van der Waals surface area contributed by atoms with Crippen molar-refractivity contribution < 1.29 is 23.1 Å². The molecular weight excluding hydrogens is 342 g/mol. The van der Waals surface area contributed by atoms with Crippen molar-refractivity contribution in [3.05, 3.63) is 29.3 Å². The summed E-state index contributed by atoms with van der Waals surface area (Å²) in [5.41, 5.74) is 1.45. The summed E-state index contributed by atoms with van der Waals surface area (Å²) in [6, 6.07) is 5.22. The van der Waals surface area contributed by atoms with E-state index in [1.165, 1.54) is 11.9 Å². The molecule has 0 aromatic heterocycles. The van der Waals surface area contributed by atoms with Crippen LogP contribution in [0.25, 0.3) is 0 Å². The molecule has 0 bridgehead atoms. The Labute approximate surface area is 148 Å². The van der Waals surface area contributed by atoms with Gasteiger partial charge >= 0.3 is 5.97 Å². The van der Waals surface area contributed by atoms with Crippen molar-refractivity contribution in [2.24, 2.45) is 0 Å². The summed E-state index contributed by atoms with van der Waals surface area (Å²) in [5.74, 6) is -1.51. The highest BCUT2D eigenvalue weighted by Crippen LogP contribution is 2.42. The molecular formula is C18H25NO5S. The van der Waals surface area contributed by atoms with Gasteiger partial charge in [-0.3, -0.25) is 9.59 Å².